The molecule has 0 unspecified atom stereocenters. The van der Waals surface area contributed by atoms with Gasteiger partial charge >= 0.3 is 5.97 Å². The lowest BCUT2D eigenvalue weighted by Gasteiger charge is -2.03. The molecular weight excluding hydrogens is 313 g/mol. The van der Waals surface area contributed by atoms with Crippen molar-refractivity contribution in [2.75, 3.05) is 0 Å². The molecule has 3 heterocycles. The van der Waals surface area contributed by atoms with Gasteiger partial charge in [-0.3, -0.25) is 9.78 Å². The molecule has 5 nitrogen and oxygen atoms in total. The van der Waals surface area contributed by atoms with Crippen LogP contribution in [0.3, 0.4) is 0 Å². The lowest BCUT2D eigenvalue weighted by Crippen LogP contribution is -2.04. The van der Waals surface area contributed by atoms with E-state index in [2.05, 4.69) is 9.97 Å². The molecule has 0 fully saturated rings. The molecule has 0 spiro atoms. The van der Waals surface area contributed by atoms with Crippen LogP contribution >= 0.6 is 23.2 Å². The number of imidazole rings is 1. The largest absolute Gasteiger partial charge is 0.481 e. The van der Waals surface area contributed by atoms with Crippen molar-refractivity contribution in [2.24, 2.45) is 0 Å². The van der Waals surface area contributed by atoms with Gasteiger partial charge in [-0.1, -0.05) is 23.2 Å². The van der Waals surface area contributed by atoms with E-state index >= 15 is 0 Å². The zero-order valence-electron chi connectivity index (χ0n) is 10.6. The molecule has 0 radical (unpaired) electrons. The van der Waals surface area contributed by atoms with Crippen molar-refractivity contribution in [3.8, 4) is 11.3 Å². The molecule has 3 rings (SSSR count). The quantitative estimate of drug-likeness (QED) is 0.803. The summed E-state index contributed by atoms with van der Waals surface area (Å²) in [7, 11) is 0. The van der Waals surface area contributed by atoms with Gasteiger partial charge in [-0.05, 0) is 18.2 Å². The van der Waals surface area contributed by atoms with Crippen molar-refractivity contribution in [1.29, 1.82) is 0 Å². The Bertz CT molecular complexity index is 831. The number of fused-ring (bicyclic) bond motifs is 1. The minimum atomic E-state index is -0.960. The summed E-state index contributed by atoms with van der Waals surface area (Å²) in [5, 5.41) is 9.91. The maximum absolute atomic E-state index is 11.1. The fraction of sp³-hybridized carbons (Fsp3) is 0.0714. The monoisotopic (exact) mass is 321 g/mol. The highest BCUT2D eigenvalue weighted by atomic mass is 35.5. The average Bonchev–Trinajstić information content (AvgIpc) is 2.78. The van der Waals surface area contributed by atoms with Crippen molar-refractivity contribution >= 4 is 34.8 Å². The van der Waals surface area contributed by atoms with Crippen molar-refractivity contribution in [3.63, 3.8) is 0 Å². The Morgan fingerprint density at radius 2 is 2.19 bits per heavy atom. The Morgan fingerprint density at radius 3 is 2.86 bits per heavy atom. The van der Waals surface area contributed by atoms with Crippen LogP contribution in [0.4, 0.5) is 0 Å². The van der Waals surface area contributed by atoms with Gasteiger partial charge in [-0.15, -0.1) is 0 Å². The molecule has 1 N–H and O–H groups in total. The Labute approximate surface area is 129 Å². The van der Waals surface area contributed by atoms with Crippen molar-refractivity contribution in [3.05, 3.63) is 52.5 Å². The average molecular weight is 322 g/mol. The first kappa shape index (κ1) is 13.9. The summed E-state index contributed by atoms with van der Waals surface area (Å²) in [4.78, 5) is 19.6. The van der Waals surface area contributed by atoms with Gasteiger partial charge in [0.05, 0.1) is 27.9 Å². The third kappa shape index (κ3) is 2.57. The fourth-order valence-corrected chi connectivity index (χ4v) is 2.68. The van der Waals surface area contributed by atoms with E-state index in [1.54, 1.807) is 35.1 Å². The number of hydrogen-bond acceptors (Lipinski definition) is 3. The van der Waals surface area contributed by atoms with Crippen molar-refractivity contribution in [2.45, 2.75) is 6.42 Å². The van der Waals surface area contributed by atoms with E-state index < -0.39 is 5.97 Å². The first-order valence-corrected chi connectivity index (χ1v) is 6.80. The zero-order chi connectivity index (χ0) is 15.0. The predicted octanol–water partition coefficient (Wildman–Crippen LogP) is 3.33. The molecule has 0 aromatic carbocycles. The van der Waals surface area contributed by atoms with E-state index in [-0.39, 0.29) is 6.42 Å². The Hall–Kier alpha value is -2.11. The topological polar surface area (TPSA) is 67.5 Å². The number of nitrogens with zero attached hydrogens (tertiary/aromatic N) is 3. The van der Waals surface area contributed by atoms with Crippen LogP contribution in [0.15, 0.2) is 36.8 Å². The predicted molar refractivity (Wildman–Crippen MR) is 79.8 cm³/mol. The molecule has 0 aliphatic heterocycles. The number of carboxylic acids is 1. The third-order valence-electron chi connectivity index (χ3n) is 2.99. The minimum Gasteiger partial charge on any atom is -0.481 e. The summed E-state index contributed by atoms with van der Waals surface area (Å²) < 4.78 is 1.61. The van der Waals surface area contributed by atoms with E-state index in [4.69, 9.17) is 28.3 Å². The van der Waals surface area contributed by atoms with E-state index in [1.165, 1.54) is 0 Å². The molecule has 0 saturated heterocycles. The number of aliphatic carboxylic acids is 1. The summed E-state index contributed by atoms with van der Waals surface area (Å²) in [5.41, 5.74) is 2.24. The molecule has 3 aromatic rings. The molecule has 0 amide bonds. The Morgan fingerprint density at radius 1 is 1.38 bits per heavy atom. The summed E-state index contributed by atoms with van der Waals surface area (Å²) in [6, 6.07) is 5.15. The van der Waals surface area contributed by atoms with Crippen LogP contribution < -0.4 is 0 Å². The molecular formula is C14H9Cl2N3O2. The standard InChI is InChI=1S/C14H9Cl2N3O2/c15-9-4-10(16)14-18-13(8-2-1-3-17-6-8)11(5-12(20)21)19(14)7-9/h1-4,6-7H,5H2,(H,20,21). The Kier molecular flexibility index (Phi) is 3.53. The van der Waals surface area contributed by atoms with Gasteiger partial charge < -0.3 is 9.51 Å². The molecule has 0 aliphatic rings. The summed E-state index contributed by atoms with van der Waals surface area (Å²) in [5.74, 6) is -0.960. The molecule has 0 atom stereocenters. The summed E-state index contributed by atoms with van der Waals surface area (Å²) in [6.45, 7) is 0. The molecule has 0 saturated carbocycles. The zero-order valence-corrected chi connectivity index (χ0v) is 12.1. The highest BCUT2D eigenvalue weighted by Crippen LogP contribution is 2.29. The first-order chi connectivity index (χ1) is 10.1. The van der Waals surface area contributed by atoms with Crippen LogP contribution in [0.1, 0.15) is 5.69 Å². The SMILES string of the molecule is O=C(O)Cc1c(-c2cccnc2)nc2c(Cl)cc(Cl)cn12. The first-order valence-electron chi connectivity index (χ1n) is 6.04. The number of pyridine rings is 2. The van der Waals surface area contributed by atoms with E-state index in [9.17, 15) is 4.79 Å². The Balaban J connectivity index is 2.33. The van der Waals surface area contributed by atoms with Gasteiger partial charge in [0.15, 0.2) is 5.65 Å². The van der Waals surface area contributed by atoms with Crippen molar-refractivity contribution in [1.82, 2.24) is 14.4 Å². The number of aromatic nitrogens is 3. The normalized spacial score (nSPS) is 11.0. The second-order valence-electron chi connectivity index (χ2n) is 4.42. The van der Waals surface area contributed by atoms with Crippen LogP contribution in [0, 0.1) is 0 Å². The van der Waals surface area contributed by atoms with Gasteiger partial charge in [-0.2, -0.15) is 0 Å². The van der Waals surface area contributed by atoms with Crippen molar-refractivity contribution < 1.29 is 9.90 Å². The summed E-state index contributed by atoms with van der Waals surface area (Å²) >= 11 is 12.1. The maximum atomic E-state index is 11.1. The maximum Gasteiger partial charge on any atom is 0.309 e. The van der Waals surface area contributed by atoms with Crippen LogP contribution in [-0.2, 0) is 11.2 Å². The van der Waals surface area contributed by atoms with Crippen LogP contribution in [0.25, 0.3) is 16.9 Å². The fourth-order valence-electron chi connectivity index (χ4n) is 2.17. The van der Waals surface area contributed by atoms with Gasteiger partial charge in [0, 0.05) is 24.2 Å². The summed E-state index contributed by atoms with van der Waals surface area (Å²) in [6.07, 6.45) is 4.68. The number of carbonyl (C=O) groups is 1. The van der Waals surface area contributed by atoms with E-state index in [0.29, 0.717) is 27.1 Å². The molecule has 3 aromatic heterocycles. The lowest BCUT2D eigenvalue weighted by molar-refractivity contribution is -0.136. The van der Waals surface area contributed by atoms with Gasteiger partial charge in [0.1, 0.15) is 0 Å². The number of carboxylic acid groups (broad SMARTS) is 1. The third-order valence-corrected chi connectivity index (χ3v) is 3.48. The molecule has 21 heavy (non-hydrogen) atoms. The van der Waals surface area contributed by atoms with E-state index in [1.807, 2.05) is 6.07 Å². The second-order valence-corrected chi connectivity index (χ2v) is 5.26. The second kappa shape index (κ2) is 5.35. The number of hydrogen-bond donors (Lipinski definition) is 1. The molecule has 7 heteroatoms. The number of rotatable bonds is 3. The molecule has 106 valence electrons. The number of halogens is 2. The van der Waals surface area contributed by atoms with E-state index in [0.717, 1.165) is 5.56 Å². The highest BCUT2D eigenvalue weighted by molar-refractivity contribution is 6.36. The minimum absolute atomic E-state index is 0.192. The van der Waals surface area contributed by atoms with Gasteiger partial charge in [0.25, 0.3) is 0 Å². The van der Waals surface area contributed by atoms with Gasteiger partial charge in [0.2, 0.25) is 0 Å². The van der Waals surface area contributed by atoms with Crippen LogP contribution in [0.5, 0.6) is 0 Å². The van der Waals surface area contributed by atoms with Gasteiger partial charge in [-0.25, -0.2) is 4.98 Å². The smallest absolute Gasteiger partial charge is 0.309 e. The van der Waals surface area contributed by atoms with Crippen LogP contribution in [-0.4, -0.2) is 25.4 Å². The molecule has 0 bridgehead atoms. The lowest BCUT2D eigenvalue weighted by atomic mass is 10.1. The van der Waals surface area contributed by atoms with Crippen LogP contribution in [0.2, 0.25) is 10.0 Å². The molecule has 0 aliphatic carbocycles. The highest BCUT2D eigenvalue weighted by Gasteiger charge is 2.18.